The monoisotopic (exact) mass is 229 g/mol. The molecule has 0 heterocycles. The molecule has 0 aliphatic heterocycles. The first kappa shape index (κ1) is 15.4. The lowest BCUT2D eigenvalue weighted by Crippen LogP contribution is -2.42. The molecule has 96 valence electrons. The predicted octanol–water partition coefficient (Wildman–Crippen LogP) is 2.34. The molecule has 2 N–H and O–H groups in total. The van der Waals surface area contributed by atoms with Crippen molar-refractivity contribution in [3.63, 3.8) is 0 Å². The molecule has 0 aliphatic rings. The minimum Gasteiger partial charge on any atom is -0.393 e. The second-order valence-electron chi connectivity index (χ2n) is 6.14. The van der Waals surface area contributed by atoms with Crippen molar-refractivity contribution in [3.05, 3.63) is 0 Å². The molecule has 0 radical (unpaired) electrons. The predicted molar refractivity (Wildman–Crippen MR) is 67.2 cm³/mol. The number of aliphatic hydroxyl groups is 1. The number of aliphatic hydroxyl groups excluding tert-OH is 1. The summed E-state index contributed by atoms with van der Waals surface area (Å²) >= 11 is 0. The molecule has 0 aromatic carbocycles. The SMILES string of the molecule is CCC(C)(C)C(=O)NCC(C)(C)CC(C)O. The minimum absolute atomic E-state index is 0.0619. The molecule has 1 atom stereocenters. The van der Waals surface area contributed by atoms with Crippen molar-refractivity contribution in [1.82, 2.24) is 5.32 Å². The lowest BCUT2D eigenvalue weighted by atomic mass is 9.85. The average Bonchev–Trinajstić information content (AvgIpc) is 2.12. The maximum atomic E-state index is 11.9. The molecule has 3 nitrogen and oxygen atoms in total. The molecule has 16 heavy (non-hydrogen) atoms. The molecule has 1 unspecified atom stereocenters. The highest BCUT2D eigenvalue weighted by Crippen LogP contribution is 2.23. The zero-order chi connectivity index (χ0) is 13.0. The average molecular weight is 229 g/mol. The van der Waals surface area contributed by atoms with E-state index < -0.39 is 0 Å². The van der Waals surface area contributed by atoms with E-state index in [-0.39, 0.29) is 22.8 Å². The van der Waals surface area contributed by atoms with Gasteiger partial charge in [0.1, 0.15) is 0 Å². The van der Waals surface area contributed by atoms with E-state index in [1.165, 1.54) is 0 Å². The Morgan fingerprint density at radius 3 is 2.19 bits per heavy atom. The standard InChI is InChI=1S/C13H27NO2/c1-7-13(5,6)11(16)14-9-12(3,4)8-10(2)15/h10,15H,7-9H2,1-6H3,(H,14,16). The van der Waals surface area contributed by atoms with Crippen molar-refractivity contribution < 1.29 is 9.90 Å². The van der Waals surface area contributed by atoms with Crippen molar-refractivity contribution in [1.29, 1.82) is 0 Å². The summed E-state index contributed by atoms with van der Waals surface area (Å²) in [6, 6.07) is 0. The molecule has 0 aromatic rings. The van der Waals surface area contributed by atoms with Gasteiger partial charge in [0.15, 0.2) is 0 Å². The van der Waals surface area contributed by atoms with Gasteiger partial charge in [-0.3, -0.25) is 4.79 Å². The van der Waals surface area contributed by atoms with Crippen LogP contribution in [0.1, 0.15) is 54.4 Å². The second kappa shape index (κ2) is 5.67. The third kappa shape index (κ3) is 5.50. The highest BCUT2D eigenvalue weighted by molar-refractivity contribution is 5.81. The third-order valence-corrected chi connectivity index (χ3v) is 3.07. The summed E-state index contributed by atoms with van der Waals surface area (Å²) in [5.41, 5.74) is -0.367. The number of hydrogen-bond donors (Lipinski definition) is 2. The number of hydrogen-bond acceptors (Lipinski definition) is 2. The number of amides is 1. The molecule has 1 amide bonds. The van der Waals surface area contributed by atoms with Gasteiger partial charge in [0, 0.05) is 12.0 Å². The fourth-order valence-corrected chi connectivity index (χ4v) is 1.59. The first-order valence-electron chi connectivity index (χ1n) is 6.07. The summed E-state index contributed by atoms with van der Waals surface area (Å²) in [5.74, 6) is 0.0914. The quantitative estimate of drug-likeness (QED) is 0.734. The summed E-state index contributed by atoms with van der Waals surface area (Å²) in [4.78, 5) is 11.9. The van der Waals surface area contributed by atoms with Crippen LogP contribution in [0.15, 0.2) is 0 Å². The van der Waals surface area contributed by atoms with Crippen LogP contribution < -0.4 is 5.32 Å². The zero-order valence-corrected chi connectivity index (χ0v) is 11.6. The van der Waals surface area contributed by atoms with Gasteiger partial charge in [-0.1, -0.05) is 34.6 Å². The largest absolute Gasteiger partial charge is 0.393 e. The van der Waals surface area contributed by atoms with Gasteiger partial charge in [0.25, 0.3) is 0 Å². The molecule has 0 spiro atoms. The minimum atomic E-state index is -0.328. The van der Waals surface area contributed by atoms with E-state index in [0.717, 1.165) is 6.42 Å². The van der Waals surface area contributed by atoms with E-state index in [1.54, 1.807) is 6.92 Å². The molecular formula is C13H27NO2. The van der Waals surface area contributed by atoms with Gasteiger partial charge in [-0.15, -0.1) is 0 Å². The molecule has 0 bridgehead atoms. The highest BCUT2D eigenvalue weighted by atomic mass is 16.3. The Hall–Kier alpha value is -0.570. The Labute approximate surface area is 99.6 Å². The van der Waals surface area contributed by atoms with Gasteiger partial charge in [0.2, 0.25) is 5.91 Å². The number of nitrogens with one attached hydrogen (secondary N) is 1. The van der Waals surface area contributed by atoms with E-state index in [4.69, 9.17) is 0 Å². The molecule has 0 aliphatic carbocycles. The summed E-state index contributed by atoms with van der Waals surface area (Å²) < 4.78 is 0. The topological polar surface area (TPSA) is 49.3 Å². The zero-order valence-electron chi connectivity index (χ0n) is 11.6. The van der Waals surface area contributed by atoms with Gasteiger partial charge in [-0.2, -0.15) is 0 Å². The van der Waals surface area contributed by atoms with Crippen LogP contribution in [-0.4, -0.2) is 23.7 Å². The van der Waals surface area contributed by atoms with Crippen molar-refractivity contribution in [2.45, 2.75) is 60.5 Å². The first-order chi connectivity index (χ1) is 7.10. The maximum absolute atomic E-state index is 11.9. The smallest absolute Gasteiger partial charge is 0.225 e. The number of rotatable bonds is 6. The van der Waals surface area contributed by atoms with Crippen LogP contribution in [0, 0.1) is 10.8 Å². The molecule has 0 saturated heterocycles. The third-order valence-electron chi connectivity index (χ3n) is 3.07. The highest BCUT2D eigenvalue weighted by Gasteiger charge is 2.27. The molecule has 3 heteroatoms. The lowest BCUT2D eigenvalue weighted by molar-refractivity contribution is -0.130. The van der Waals surface area contributed by atoms with E-state index in [1.807, 2.05) is 20.8 Å². The summed E-state index contributed by atoms with van der Waals surface area (Å²) in [6.07, 6.45) is 1.20. The fourth-order valence-electron chi connectivity index (χ4n) is 1.59. The van der Waals surface area contributed by atoms with Gasteiger partial charge >= 0.3 is 0 Å². The van der Waals surface area contributed by atoms with E-state index in [0.29, 0.717) is 13.0 Å². The van der Waals surface area contributed by atoms with E-state index in [2.05, 4.69) is 19.2 Å². The molecule has 0 rings (SSSR count). The molecule has 0 fully saturated rings. The van der Waals surface area contributed by atoms with Gasteiger partial charge in [0.05, 0.1) is 6.10 Å². The van der Waals surface area contributed by atoms with Crippen LogP contribution in [-0.2, 0) is 4.79 Å². The fraction of sp³-hybridized carbons (Fsp3) is 0.923. The van der Waals surface area contributed by atoms with Crippen LogP contribution >= 0.6 is 0 Å². The van der Waals surface area contributed by atoms with Crippen LogP contribution in [0.5, 0.6) is 0 Å². The molecule has 0 aromatic heterocycles. The van der Waals surface area contributed by atoms with Gasteiger partial charge < -0.3 is 10.4 Å². The Morgan fingerprint density at radius 1 is 1.31 bits per heavy atom. The normalized spacial score (nSPS) is 14.7. The van der Waals surface area contributed by atoms with Crippen LogP contribution in [0.2, 0.25) is 0 Å². The van der Waals surface area contributed by atoms with E-state index >= 15 is 0 Å². The lowest BCUT2D eigenvalue weighted by Gasteiger charge is -2.29. The van der Waals surface area contributed by atoms with Crippen molar-refractivity contribution in [2.75, 3.05) is 6.54 Å². The van der Waals surface area contributed by atoms with Crippen molar-refractivity contribution >= 4 is 5.91 Å². The number of carbonyl (C=O) groups is 1. The summed E-state index contributed by atoms with van der Waals surface area (Å²) in [7, 11) is 0. The van der Waals surface area contributed by atoms with Crippen molar-refractivity contribution in [3.8, 4) is 0 Å². The van der Waals surface area contributed by atoms with Crippen LogP contribution in [0.3, 0.4) is 0 Å². The van der Waals surface area contributed by atoms with Crippen molar-refractivity contribution in [2.24, 2.45) is 10.8 Å². The second-order valence-corrected chi connectivity index (χ2v) is 6.14. The van der Waals surface area contributed by atoms with Crippen LogP contribution in [0.25, 0.3) is 0 Å². The molecular weight excluding hydrogens is 202 g/mol. The Balaban J connectivity index is 4.19. The van der Waals surface area contributed by atoms with Gasteiger partial charge in [-0.25, -0.2) is 0 Å². The number of carbonyl (C=O) groups excluding carboxylic acids is 1. The maximum Gasteiger partial charge on any atom is 0.225 e. The summed E-state index contributed by atoms with van der Waals surface area (Å²) in [6.45, 7) is 12.4. The molecule has 0 saturated carbocycles. The van der Waals surface area contributed by atoms with Crippen LogP contribution in [0.4, 0.5) is 0 Å². The van der Waals surface area contributed by atoms with Gasteiger partial charge in [-0.05, 0) is 25.2 Å². The first-order valence-corrected chi connectivity index (χ1v) is 6.07. The van der Waals surface area contributed by atoms with E-state index in [9.17, 15) is 9.90 Å². The Bertz CT molecular complexity index is 232. The Kier molecular flexibility index (Phi) is 5.47. The Morgan fingerprint density at radius 2 is 1.81 bits per heavy atom. The summed E-state index contributed by atoms with van der Waals surface area (Å²) in [5, 5.41) is 12.3.